The van der Waals surface area contributed by atoms with Crippen molar-refractivity contribution in [1.82, 2.24) is 14.8 Å². The van der Waals surface area contributed by atoms with Crippen molar-refractivity contribution in [3.05, 3.63) is 5.82 Å². The molecule has 1 heterocycles. The van der Waals surface area contributed by atoms with E-state index in [0.717, 1.165) is 43.3 Å². The van der Waals surface area contributed by atoms with Crippen LogP contribution in [0.1, 0.15) is 49.9 Å². The quantitative estimate of drug-likeness (QED) is 0.798. The van der Waals surface area contributed by atoms with Crippen molar-refractivity contribution in [2.24, 2.45) is 11.8 Å². The fraction of sp³-hybridized carbons (Fsp3) is 0.818. The maximum Gasteiger partial charge on any atom is 0.296 e. The van der Waals surface area contributed by atoms with Crippen molar-refractivity contribution >= 4 is 19.7 Å². The Hall–Kier alpha value is -0.620. The molecule has 3 saturated carbocycles. The SMILES string of the molecule is O=S(=O)(Cl)c1nnc(C2CC3CC3C2)n1C1CC1. The minimum atomic E-state index is -3.79. The van der Waals surface area contributed by atoms with Crippen LogP contribution in [0.4, 0.5) is 0 Å². The Kier molecular flexibility index (Phi) is 2.17. The lowest BCUT2D eigenvalue weighted by Crippen LogP contribution is -2.11. The van der Waals surface area contributed by atoms with Crippen molar-refractivity contribution in [3.8, 4) is 0 Å². The molecule has 0 radical (unpaired) electrons. The number of aromatic nitrogens is 3. The predicted molar refractivity (Wildman–Crippen MR) is 64.9 cm³/mol. The number of nitrogens with zero attached hydrogens (tertiary/aromatic N) is 3. The molecule has 5 nitrogen and oxygen atoms in total. The predicted octanol–water partition coefficient (Wildman–Crippen LogP) is 2.05. The van der Waals surface area contributed by atoms with Gasteiger partial charge < -0.3 is 0 Å². The van der Waals surface area contributed by atoms with Gasteiger partial charge in [0.1, 0.15) is 5.82 Å². The van der Waals surface area contributed by atoms with E-state index in [0.29, 0.717) is 5.92 Å². The molecule has 1 aromatic rings. The van der Waals surface area contributed by atoms with Crippen LogP contribution < -0.4 is 0 Å². The van der Waals surface area contributed by atoms with Crippen molar-refractivity contribution in [3.63, 3.8) is 0 Å². The van der Waals surface area contributed by atoms with Crippen molar-refractivity contribution in [1.29, 1.82) is 0 Å². The molecule has 3 aliphatic rings. The van der Waals surface area contributed by atoms with Gasteiger partial charge in [-0.25, -0.2) is 8.42 Å². The third-order valence-corrected chi connectivity index (χ3v) is 5.56. The van der Waals surface area contributed by atoms with E-state index in [1.165, 1.54) is 6.42 Å². The highest BCUT2D eigenvalue weighted by Gasteiger charge is 2.48. The van der Waals surface area contributed by atoms with Crippen LogP contribution in [-0.2, 0) is 9.05 Å². The van der Waals surface area contributed by atoms with E-state index in [2.05, 4.69) is 10.2 Å². The first-order valence-corrected chi connectivity index (χ1v) is 8.74. The Morgan fingerprint density at radius 2 is 1.78 bits per heavy atom. The molecular formula is C11H14ClN3O2S. The average Bonchev–Trinajstić information content (AvgIpc) is 3.18. The molecule has 0 amide bonds. The van der Waals surface area contributed by atoms with Gasteiger partial charge in [-0.15, -0.1) is 10.2 Å². The van der Waals surface area contributed by atoms with E-state index < -0.39 is 9.05 Å². The monoisotopic (exact) mass is 287 g/mol. The molecule has 0 saturated heterocycles. The summed E-state index contributed by atoms with van der Waals surface area (Å²) in [6.07, 6.45) is 5.62. The fourth-order valence-electron chi connectivity index (χ4n) is 3.33. The van der Waals surface area contributed by atoms with Gasteiger partial charge in [0.25, 0.3) is 14.2 Å². The Bertz CT molecular complexity index is 598. The summed E-state index contributed by atoms with van der Waals surface area (Å²) in [5, 5.41) is 7.90. The Labute approximate surface area is 110 Å². The van der Waals surface area contributed by atoms with E-state index in [1.807, 2.05) is 0 Å². The van der Waals surface area contributed by atoms with Gasteiger partial charge in [0.15, 0.2) is 0 Å². The number of halogens is 1. The summed E-state index contributed by atoms with van der Waals surface area (Å²) in [6.45, 7) is 0. The summed E-state index contributed by atoms with van der Waals surface area (Å²) in [7, 11) is 1.65. The first kappa shape index (κ1) is 11.2. The largest absolute Gasteiger partial charge is 0.297 e. The molecular weight excluding hydrogens is 274 g/mol. The van der Waals surface area contributed by atoms with Crippen LogP contribution in [0.15, 0.2) is 5.16 Å². The summed E-state index contributed by atoms with van der Waals surface area (Å²) in [6, 6.07) is 0.246. The molecule has 3 fully saturated rings. The second-order valence-corrected chi connectivity index (χ2v) is 8.26. The Balaban J connectivity index is 1.76. The summed E-state index contributed by atoms with van der Waals surface area (Å²) >= 11 is 0. The molecule has 2 unspecified atom stereocenters. The lowest BCUT2D eigenvalue weighted by atomic mass is 10.0. The molecule has 0 aliphatic heterocycles. The van der Waals surface area contributed by atoms with Crippen molar-refractivity contribution in [2.75, 3.05) is 0 Å². The summed E-state index contributed by atoms with van der Waals surface area (Å²) in [4.78, 5) is 0. The van der Waals surface area contributed by atoms with Gasteiger partial charge in [-0.05, 0) is 43.9 Å². The number of hydrogen-bond donors (Lipinski definition) is 0. The van der Waals surface area contributed by atoms with E-state index >= 15 is 0 Å². The van der Waals surface area contributed by atoms with Crippen LogP contribution in [0.3, 0.4) is 0 Å². The molecule has 18 heavy (non-hydrogen) atoms. The van der Waals surface area contributed by atoms with Gasteiger partial charge in [0.05, 0.1) is 0 Å². The van der Waals surface area contributed by atoms with Crippen molar-refractivity contribution in [2.45, 2.75) is 49.2 Å². The summed E-state index contributed by atoms with van der Waals surface area (Å²) < 4.78 is 24.8. The average molecular weight is 288 g/mol. The van der Waals surface area contributed by atoms with Gasteiger partial charge in [0.2, 0.25) is 0 Å². The van der Waals surface area contributed by atoms with Crippen LogP contribution in [-0.4, -0.2) is 23.2 Å². The van der Waals surface area contributed by atoms with Crippen LogP contribution in [0.2, 0.25) is 0 Å². The zero-order chi connectivity index (χ0) is 12.5. The Morgan fingerprint density at radius 1 is 1.11 bits per heavy atom. The molecule has 0 N–H and O–H groups in total. The molecule has 7 heteroatoms. The second kappa shape index (κ2) is 3.48. The van der Waals surface area contributed by atoms with Gasteiger partial charge >= 0.3 is 0 Å². The van der Waals surface area contributed by atoms with Crippen LogP contribution in [0.25, 0.3) is 0 Å². The number of fused-ring (bicyclic) bond motifs is 1. The highest BCUT2D eigenvalue weighted by Crippen LogP contribution is 2.57. The minimum Gasteiger partial charge on any atom is -0.297 e. The maximum absolute atomic E-state index is 11.5. The smallest absolute Gasteiger partial charge is 0.296 e. The number of rotatable bonds is 3. The fourth-order valence-corrected chi connectivity index (χ4v) is 4.27. The third kappa shape index (κ3) is 1.69. The molecule has 0 spiro atoms. The summed E-state index contributed by atoms with van der Waals surface area (Å²) in [5.74, 6) is 2.92. The van der Waals surface area contributed by atoms with E-state index in [1.54, 1.807) is 4.57 Å². The zero-order valence-electron chi connectivity index (χ0n) is 9.79. The highest BCUT2D eigenvalue weighted by molar-refractivity contribution is 8.13. The lowest BCUT2D eigenvalue weighted by molar-refractivity contribution is 0.521. The highest BCUT2D eigenvalue weighted by atomic mass is 35.7. The van der Waals surface area contributed by atoms with Gasteiger partial charge in [-0.1, -0.05) is 0 Å². The van der Waals surface area contributed by atoms with E-state index in [-0.39, 0.29) is 11.2 Å². The van der Waals surface area contributed by atoms with Gasteiger partial charge in [0, 0.05) is 22.6 Å². The second-order valence-electron chi connectivity index (χ2n) is 5.80. The van der Waals surface area contributed by atoms with E-state index in [9.17, 15) is 8.42 Å². The molecule has 98 valence electrons. The first-order valence-electron chi connectivity index (χ1n) is 6.43. The van der Waals surface area contributed by atoms with Crippen LogP contribution in [0, 0.1) is 11.8 Å². The first-order chi connectivity index (χ1) is 8.54. The standard InChI is InChI=1S/C11H14ClN3O2S/c12-18(16,17)11-14-13-10(15(11)9-1-2-9)8-4-6-3-7(6)5-8/h6-9H,1-5H2. The van der Waals surface area contributed by atoms with E-state index in [4.69, 9.17) is 10.7 Å². The molecule has 4 rings (SSSR count). The van der Waals surface area contributed by atoms with Gasteiger partial charge in [-0.2, -0.15) is 0 Å². The molecule has 0 bridgehead atoms. The lowest BCUT2D eigenvalue weighted by Gasteiger charge is -2.13. The topological polar surface area (TPSA) is 64.8 Å². The Morgan fingerprint density at radius 3 is 2.33 bits per heavy atom. The molecule has 0 aromatic carbocycles. The molecule has 2 atom stereocenters. The van der Waals surface area contributed by atoms with Crippen LogP contribution in [0.5, 0.6) is 0 Å². The summed E-state index contributed by atoms with van der Waals surface area (Å²) in [5.41, 5.74) is 0. The maximum atomic E-state index is 11.5. The van der Waals surface area contributed by atoms with Gasteiger partial charge in [-0.3, -0.25) is 4.57 Å². The number of hydrogen-bond acceptors (Lipinski definition) is 4. The normalized spacial score (nSPS) is 34.6. The minimum absolute atomic E-state index is 0.0535. The molecule has 3 aliphatic carbocycles. The zero-order valence-corrected chi connectivity index (χ0v) is 11.4. The van der Waals surface area contributed by atoms with Crippen molar-refractivity contribution < 1.29 is 8.42 Å². The third-order valence-electron chi connectivity index (χ3n) is 4.43. The van der Waals surface area contributed by atoms with Crippen LogP contribution >= 0.6 is 10.7 Å². The molecule has 1 aromatic heterocycles.